The lowest BCUT2D eigenvalue weighted by Gasteiger charge is -2.03. The lowest BCUT2D eigenvalue weighted by atomic mass is 10.2. The molecule has 44 heavy (non-hydrogen) atoms. The largest absolute Gasteiger partial charge is 0.466 e. The quantitative estimate of drug-likeness (QED) is 0.104. The summed E-state index contributed by atoms with van der Waals surface area (Å²) < 4.78 is 9.28. The number of carbonyl (C=O) groups is 5. The lowest BCUT2D eigenvalue weighted by Crippen LogP contribution is -2.26. The number of carbonyl (C=O) groups excluding carboxylic acids is 5. The Bertz CT molecular complexity index is 1110. The summed E-state index contributed by atoms with van der Waals surface area (Å²) in [6.07, 6.45) is 12.5. The number of hydrogen-bond acceptors (Lipinski definition) is 9. The molecule has 1 aromatic rings. The molecule has 0 saturated carbocycles. The summed E-state index contributed by atoms with van der Waals surface area (Å²) in [7, 11) is 1.33. The van der Waals surface area contributed by atoms with Crippen LogP contribution in [0.4, 0.5) is 0 Å². The van der Waals surface area contributed by atoms with E-state index in [1.807, 2.05) is 55.4 Å². The van der Waals surface area contributed by atoms with Gasteiger partial charge in [-0.05, 0) is 43.6 Å². The number of nitriles is 1. The zero-order chi connectivity index (χ0) is 34.6. The fourth-order valence-electron chi connectivity index (χ4n) is 2.09. The number of methoxy groups -OCH3 is 1. The van der Waals surface area contributed by atoms with Crippen LogP contribution in [0.2, 0.25) is 0 Å². The van der Waals surface area contributed by atoms with E-state index in [4.69, 9.17) is 19.9 Å². The first-order chi connectivity index (χ1) is 21.1. The average molecular weight is 611 g/mol. The van der Waals surface area contributed by atoms with Crippen LogP contribution in [0.1, 0.15) is 52.0 Å². The number of nitrogens with zero attached hydrogens (tertiary/aromatic N) is 1. The summed E-state index contributed by atoms with van der Waals surface area (Å²) in [4.78, 5) is 52.2. The molecule has 0 aliphatic heterocycles. The van der Waals surface area contributed by atoms with Crippen molar-refractivity contribution in [1.29, 1.82) is 5.26 Å². The molecule has 1 rings (SSSR count). The standard InChI is InChI=1S/C16H18N2O4.C8H8.C5H8O2.C4H10O.CH2O/c1-3-5-12-22-16(21)13(9-7-11-17)8-6-10-15(20)18-14(19)4-2;1-2-8-6-4-3-5-7-8;1-4(2)5(6)7-3;1-2-3-4-5;1-2/h4,6-10H,2-3,5,12H2,1H3,(H,18,19,20);2-7H,1H2;1H2,2-3H3;5H,2-4H2,1H3;1H2. The molecule has 10 nitrogen and oxygen atoms in total. The number of imide groups is 1. The van der Waals surface area contributed by atoms with Gasteiger partial charge in [-0.15, -0.1) is 0 Å². The summed E-state index contributed by atoms with van der Waals surface area (Å²) in [6.45, 7) is 18.4. The van der Waals surface area contributed by atoms with Crippen molar-refractivity contribution in [3.05, 3.63) is 103 Å². The molecule has 0 spiro atoms. The Kier molecular flexibility index (Phi) is 37.4. The van der Waals surface area contributed by atoms with Gasteiger partial charge in [-0.25, -0.2) is 9.59 Å². The molecule has 2 N–H and O–H groups in total. The molecule has 0 fully saturated rings. The van der Waals surface area contributed by atoms with Crippen molar-refractivity contribution >= 4 is 36.6 Å². The number of aliphatic hydroxyl groups is 1. The summed E-state index contributed by atoms with van der Waals surface area (Å²) in [6, 6.07) is 11.8. The third-order valence-corrected chi connectivity index (χ3v) is 4.34. The van der Waals surface area contributed by atoms with Crippen LogP contribution in [-0.2, 0) is 33.4 Å². The third kappa shape index (κ3) is 33.1. The SMILES string of the molecule is C=C(C)C(=O)OC.C=CC(=O)NC(=O)C=CC=C(C=CC#N)C(=O)OCCCC.C=Cc1ccccc1.C=O.CCCCO. The number of benzene rings is 1. The highest BCUT2D eigenvalue weighted by Gasteiger charge is 2.07. The first-order valence-electron chi connectivity index (χ1n) is 13.5. The van der Waals surface area contributed by atoms with E-state index in [-0.39, 0.29) is 18.1 Å². The molecule has 0 aliphatic carbocycles. The zero-order valence-corrected chi connectivity index (χ0v) is 26.3. The van der Waals surface area contributed by atoms with E-state index >= 15 is 0 Å². The zero-order valence-electron chi connectivity index (χ0n) is 26.3. The number of amides is 2. The second-order valence-corrected chi connectivity index (χ2v) is 7.95. The molecule has 2 amide bonds. The van der Waals surface area contributed by atoms with Crippen molar-refractivity contribution in [2.75, 3.05) is 20.3 Å². The molecule has 0 aliphatic rings. The van der Waals surface area contributed by atoms with Gasteiger partial charge < -0.3 is 19.4 Å². The van der Waals surface area contributed by atoms with Crippen molar-refractivity contribution in [3.8, 4) is 6.07 Å². The van der Waals surface area contributed by atoms with Crippen molar-refractivity contribution in [3.63, 3.8) is 0 Å². The van der Waals surface area contributed by atoms with Crippen LogP contribution in [0.3, 0.4) is 0 Å². The van der Waals surface area contributed by atoms with Crippen LogP contribution in [0.25, 0.3) is 6.08 Å². The number of rotatable bonds is 12. The molecule has 1 aromatic carbocycles. The monoisotopic (exact) mass is 610 g/mol. The minimum atomic E-state index is -0.649. The maximum absolute atomic E-state index is 11.8. The number of hydrogen-bond donors (Lipinski definition) is 2. The molecule has 0 bridgehead atoms. The molecular weight excluding hydrogens is 564 g/mol. The fraction of sp³-hybridized carbons (Fsp3) is 0.294. The van der Waals surface area contributed by atoms with Crippen LogP contribution in [0.5, 0.6) is 0 Å². The van der Waals surface area contributed by atoms with Crippen LogP contribution in [0.15, 0.2) is 97.7 Å². The highest BCUT2D eigenvalue weighted by molar-refractivity contribution is 6.05. The maximum Gasteiger partial charge on any atom is 0.338 e. The summed E-state index contributed by atoms with van der Waals surface area (Å²) in [5, 5.41) is 18.6. The molecule has 0 radical (unpaired) electrons. The Hall–Kier alpha value is -5.14. The van der Waals surface area contributed by atoms with Gasteiger partial charge in [-0.2, -0.15) is 5.26 Å². The highest BCUT2D eigenvalue weighted by atomic mass is 16.5. The molecular formula is C34H46N2O8. The van der Waals surface area contributed by atoms with Crippen LogP contribution in [0, 0.1) is 11.3 Å². The van der Waals surface area contributed by atoms with Crippen LogP contribution in [-0.4, -0.2) is 56.0 Å². The van der Waals surface area contributed by atoms with Gasteiger partial charge in [0.2, 0.25) is 5.91 Å². The smallest absolute Gasteiger partial charge is 0.338 e. The van der Waals surface area contributed by atoms with Crippen LogP contribution < -0.4 is 5.32 Å². The van der Waals surface area contributed by atoms with Crippen molar-refractivity contribution < 1.29 is 38.6 Å². The minimum Gasteiger partial charge on any atom is -0.466 e. The molecule has 10 heteroatoms. The van der Waals surface area contributed by atoms with E-state index in [0.717, 1.165) is 43.9 Å². The topological polar surface area (TPSA) is 160 Å². The average Bonchev–Trinajstić information content (AvgIpc) is 3.04. The van der Waals surface area contributed by atoms with Crippen molar-refractivity contribution in [1.82, 2.24) is 5.32 Å². The number of esters is 2. The minimum absolute atomic E-state index is 0.122. The van der Waals surface area contributed by atoms with Gasteiger partial charge in [0.1, 0.15) is 6.79 Å². The highest BCUT2D eigenvalue weighted by Crippen LogP contribution is 2.03. The molecule has 0 aromatic heterocycles. The molecule has 0 atom stereocenters. The second kappa shape index (κ2) is 35.9. The Morgan fingerprint density at radius 2 is 1.57 bits per heavy atom. The van der Waals surface area contributed by atoms with E-state index in [2.05, 4.69) is 31.4 Å². The third-order valence-electron chi connectivity index (χ3n) is 4.34. The lowest BCUT2D eigenvalue weighted by molar-refractivity contribution is -0.139. The van der Waals surface area contributed by atoms with E-state index in [1.54, 1.807) is 13.0 Å². The Labute approximate surface area is 261 Å². The van der Waals surface area contributed by atoms with E-state index < -0.39 is 17.8 Å². The fourth-order valence-corrected chi connectivity index (χ4v) is 2.09. The molecule has 0 heterocycles. The predicted molar refractivity (Wildman–Crippen MR) is 174 cm³/mol. The van der Waals surface area contributed by atoms with Gasteiger partial charge in [-0.3, -0.25) is 14.9 Å². The number of nitrogens with one attached hydrogen (secondary N) is 1. The number of allylic oxidation sites excluding steroid dienone is 3. The first kappa shape index (κ1) is 45.8. The van der Waals surface area contributed by atoms with Gasteiger partial charge >= 0.3 is 11.9 Å². The summed E-state index contributed by atoms with van der Waals surface area (Å²) in [5.74, 6) is -2.21. The van der Waals surface area contributed by atoms with E-state index in [9.17, 15) is 19.2 Å². The van der Waals surface area contributed by atoms with E-state index in [0.29, 0.717) is 12.2 Å². The van der Waals surface area contributed by atoms with Gasteiger partial charge in [0.05, 0.1) is 25.4 Å². The van der Waals surface area contributed by atoms with Crippen LogP contribution >= 0.6 is 0 Å². The Morgan fingerprint density at radius 3 is 1.93 bits per heavy atom. The number of aliphatic hydroxyl groups excluding tert-OH is 1. The Balaban J connectivity index is -0.000000293. The predicted octanol–water partition coefficient (Wildman–Crippen LogP) is 5.38. The Morgan fingerprint density at radius 1 is 0.977 bits per heavy atom. The first-order valence-corrected chi connectivity index (χ1v) is 13.5. The van der Waals surface area contributed by atoms with E-state index in [1.165, 1.54) is 30.9 Å². The number of unbranched alkanes of at least 4 members (excludes halogenated alkanes) is 2. The van der Waals surface area contributed by atoms with Gasteiger partial charge in [0, 0.05) is 24.3 Å². The van der Waals surface area contributed by atoms with Crippen molar-refractivity contribution in [2.45, 2.75) is 46.5 Å². The number of ether oxygens (including phenoxy) is 2. The van der Waals surface area contributed by atoms with Gasteiger partial charge in [0.25, 0.3) is 5.91 Å². The molecule has 240 valence electrons. The normalized spacial score (nSPS) is 9.41. The summed E-state index contributed by atoms with van der Waals surface area (Å²) >= 11 is 0. The second-order valence-electron chi connectivity index (χ2n) is 7.95. The molecule has 0 unspecified atom stereocenters. The van der Waals surface area contributed by atoms with Gasteiger partial charge in [-0.1, -0.05) is 88.9 Å². The molecule has 0 saturated heterocycles. The van der Waals surface area contributed by atoms with Crippen molar-refractivity contribution in [2.24, 2.45) is 0 Å². The maximum atomic E-state index is 11.8. The van der Waals surface area contributed by atoms with Gasteiger partial charge in [0.15, 0.2) is 0 Å². The summed E-state index contributed by atoms with van der Waals surface area (Å²) in [5.41, 5.74) is 1.73.